The molecule has 4 heteroatoms. The summed E-state index contributed by atoms with van der Waals surface area (Å²) < 4.78 is 2.02. The molecule has 0 saturated heterocycles. The maximum Gasteiger partial charge on any atom is 0.195 e. The first-order valence-electron chi connectivity index (χ1n) is 8.98. The molecule has 1 atom stereocenters. The van der Waals surface area contributed by atoms with Crippen LogP contribution in [0.4, 0.5) is 0 Å². The highest BCUT2D eigenvalue weighted by Crippen LogP contribution is 2.33. The van der Waals surface area contributed by atoms with Gasteiger partial charge in [0.2, 0.25) is 0 Å². The number of thiazole rings is 1. The van der Waals surface area contributed by atoms with Crippen molar-refractivity contribution in [2.75, 3.05) is 0 Å². The Balaban J connectivity index is 1.75. The van der Waals surface area contributed by atoms with Gasteiger partial charge in [0.25, 0.3) is 0 Å². The Bertz CT molecular complexity index is 1020. The van der Waals surface area contributed by atoms with E-state index in [4.69, 9.17) is 4.98 Å². The van der Waals surface area contributed by atoms with Gasteiger partial charge in [-0.2, -0.15) is 0 Å². The average molecular weight is 362 g/mol. The van der Waals surface area contributed by atoms with Gasteiger partial charge in [0.15, 0.2) is 4.96 Å². The molecule has 0 amide bonds. The first kappa shape index (κ1) is 17.0. The molecule has 1 N–H and O–H groups in total. The smallest absolute Gasteiger partial charge is 0.195 e. The van der Waals surface area contributed by atoms with Crippen LogP contribution >= 0.6 is 11.3 Å². The zero-order chi connectivity index (χ0) is 18.1. The summed E-state index contributed by atoms with van der Waals surface area (Å²) in [6, 6.07) is 18.9. The molecule has 0 fully saturated rings. The maximum atomic E-state index is 9.97. The van der Waals surface area contributed by atoms with Crippen LogP contribution in [-0.2, 0) is 6.61 Å². The van der Waals surface area contributed by atoms with Gasteiger partial charge in [0, 0.05) is 11.8 Å². The predicted molar refractivity (Wildman–Crippen MR) is 109 cm³/mol. The molecule has 4 rings (SSSR count). The van der Waals surface area contributed by atoms with Gasteiger partial charge in [-0.1, -0.05) is 79.8 Å². The van der Waals surface area contributed by atoms with Crippen molar-refractivity contribution in [3.8, 4) is 21.7 Å². The van der Waals surface area contributed by atoms with Crippen LogP contribution in [0, 0.1) is 0 Å². The van der Waals surface area contributed by atoms with Gasteiger partial charge in [-0.15, -0.1) is 0 Å². The van der Waals surface area contributed by atoms with E-state index in [0.29, 0.717) is 5.92 Å². The van der Waals surface area contributed by atoms with E-state index in [1.165, 1.54) is 11.1 Å². The summed E-state index contributed by atoms with van der Waals surface area (Å²) in [4.78, 5) is 6.88. The summed E-state index contributed by atoms with van der Waals surface area (Å²) in [5.74, 6) is 0.556. The molecule has 2 heterocycles. The summed E-state index contributed by atoms with van der Waals surface area (Å²) >= 11 is 1.65. The number of hydrogen-bond donors (Lipinski definition) is 1. The molecular weight excluding hydrogens is 340 g/mol. The van der Waals surface area contributed by atoms with Crippen molar-refractivity contribution in [1.29, 1.82) is 0 Å². The van der Waals surface area contributed by atoms with E-state index in [-0.39, 0.29) is 6.61 Å². The van der Waals surface area contributed by atoms with E-state index in [1.54, 1.807) is 11.3 Å². The van der Waals surface area contributed by atoms with Crippen LogP contribution in [0.3, 0.4) is 0 Å². The van der Waals surface area contributed by atoms with E-state index in [0.717, 1.165) is 33.2 Å². The Labute approximate surface area is 157 Å². The molecule has 0 saturated carbocycles. The molecule has 0 radical (unpaired) electrons. The number of benzene rings is 2. The van der Waals surface area contributed by atoms with E-state index < -0.39 is 0 Å². The highest BCUT2D eigenvalue weighted by molar-refractivity contribution is 7.20. The molecule has 0 aliphatic carbocycles. The summed E-state index contributed by atoms with van der Waals surface area (Å²) in [6.45, 7) is 4.41. The quantitative estimate of drug-likeness (QED) is 0.492. The molecule has 3 nitrogen and oxygen atoms in total. The molecule has 0 aliphatic rings. The van der Waals surface area contributed by atoms with Gasteiger partial charge in [0.05, 0.1) is 22.9 Å². The molecule has 1 unspecified atom stereocenters. The predicted octanol–water partition coefficient (Wildman–Crippen LogP) is 5.74. The van der Waals surface area contributed by atoms with Crippen molar-refractivity contribution in [1.82, 2.24) is 9.38 Å². The number of nitrogens with zero attached hydrogens (tertiary/aromatic N) is 2. The number of imidazole rings is 1. The van der Waals surface area contributed by atoms with Crippen molar-refractivity contribution in [3.05, 3.63) is 72.1 Å². The Morgan fingerprint density at radius 2 is 1.77 bits per heavy atom. The first-order chi connectivity index (χ1) is 12.7. The second kappa shape index (κ2) is 7.06. The van der Waals surface area contributed by atoms with Crippen LogP contribution < -0.4 is 0 Å². The molecule has 26 heavy (non-hydrogen) atoms. The summed E-state index contributed by atoms with van der Waals surface area (Å²) in [5, 5.41) is 9.97. The Hall–Kier alpha value is -2.43. The molecule has 132 valence electrons. The van der Waals surface area contributed by atoms with Crippen molar-refractivity contribution in [2.45, 2.75) is 32.8 Å². The third kappa shape index (κ3) is 2.96. The van der Waals surface area contributed by atoms with Crippen LogP contribution in [0.2, 0.25) is 0 Å². The zero-order valence-electron chi connectivity index (χ0n) is 15.0. The van der Waals surface area contributed by atoms with Crippen LogP contribution in [0.15, 0.2) is 60.8 Å². The number of hydrogen-bond acceptors (Lipinski definition) is 3. The number of rotatable bonds is 5. The number of fused-ring (bicyclic) bond motifs is 1. The molecule has 0 bridgehead atoms. The van der Waals surface area contributed by atoms with E-state index in [9.17, 15) is 5.11 Å². The fourth-order valence-corrected chi connectivity index (χ4v) is 4.22. The molecule has 2 aromatic heterocycles. The lowest BCUT2D eigenvalue weighted by Gasteiger charge is -2.09. The number of aliphatic hydroxyl groups is 1. The Kier molecular flexibility index (Phi) is 4.62. The third-order valence-electron chi connectivity index (χ3n) is 5.00. The lowest BCUT2D eigenvalue weighted by molar-refractivity contribution is 0.276. The third-order valence-corrected chi connectivity index (χ3v) is 6.03. The molecular formula is C22H22N2OS. The van der Waals surface area contributed by atoms with Gasteiger partial charge in [0.1, 0.15) is 0 Å². The SMILES string of the molecule is CCC(C)c1ccc(-c2nc3sc(-c4ccccc4)cn3c2CO)cc1. The van der Waals surface area contributed by atoms with Crippen LogP contribution in [0.5, 0.6) is 0 Å². The van der Waals surface area contributed by atoms with E-state index in [2.05, 4.69) is 56.4 Å². The van der Waals surface area contributed by atoms with Gasteiger partial charge < -0.3 is 5.11 Å². The molecule has 2 aromatic carbocycles. The second-order valence-corrected chi connectivity index (χ2v) is 7.62. The van der Waals surface area contributed by atoms with Crippen LogP contribution in [-0.4, -0.2) is 14.5 Å². The fraction of sp³-hybridized carbons (Fsp3) is 0.227. The minimum atomic E-state index is -0.0332. The van der Waals surface area contributed by atoms with Gasteiger partial charge >= 0.3 is 0 Å². The van der Waals surface area contributed by atoms with Crippen molar-refractivity contribution in [3.63, 3.8) is 0 Å². The van der Waals surface area contributed by atoms with Gasteiger partial charge in [-0.25, -0.2) is 4.98 Å². The van der Waals surface area contributed by atoms with Crippen molar-refractivity contribution >= 4 is 16.3 Å². The first-order valence-corrected chi connectivity index (χ1v) is 9.80. The van der Waals surface area contributed by atoms with Crippen molar-refractivity contribution in [2.24, 2.45) is 0 Å². The molecule has 0 spiro atoms. The lowest BCUT2D eigenvalue weighted by atomic mass is 9.97. The summed E-state index contributed by atoms with van der Waals surface area (Å²) in [5.41, 5.74) is 5.28. The highest BCUT2D eigenvalue weighted by atomic mass is 32.1. The standard InChI is InChI=1S/C22H22N2OS/c1-3-15(2)16-9-11-18(12-10-16)21-19(14-25)24-13-20(26-22(24)23-21)17-7-5-4-6-8-17/h4-13,15,25H,3,14H2,1-2H3. The maximum absolute atomic E-state index is 9.97. The molecule has 0 aliphatic heterocycles. The average Bonchev–Trinajstić information content (AvgIpc) is 3.26. The Morgan fingerprint density at radius 3 is 2.42 bits per heavy atom. The lowest BCUT2D eigenvalue weighted by Crippen LogP contribution is -1.94. The zero-order valence-corrected chi connectivity index (χ0v) is 15.8. The number of aromatic nitrogens is 2. The Morgan fingerprint density at radius 1 is 1.04 bits per heavy atom. The number of aliphatic hydroxyl groups excluding tert-OH is 1. The topological polar surface area (TPSA) is 37.5 Å². The van der Waals surface area contributed by atoms with Crippen molar-refractivity contribution < 1.29 is 5.11 Å². The largest absolute Gasteiger partial charge is 0.390 e. The minimum Gasteiger partial charge on any atom is -0.390 e. The minimum absolute atomic E-state index is 0.0332. The summed E-state index contributed by atoms with van der Waals surface area (Å²) in [7, 11) is 0. The van der Waals surface area contributed by atoms with E-state index >= 15 is 0 Å². The van der Waals surface area contributed by atoms with Crippen LogP contribution in [0.25, 0.3) is 26.7 Å². The van der Waals surface area contributed by atoms with E-state index in [1.807, 2.05) is 22.6 Å². The fourth-order valence-electron chi connectivity index (χ4n) is 3.21. The summed E-state index contributed by atoms with van der Waals surface area (Å²) in [6.07, 6.45) is 3.20. The normalized spacial score (nSPS) is 12.6. The van der Waals surface area contributed by atoms with Gasteiger partial charge in [-0.3, -0.25) is 4.40 Å². The second-order valence-electron chi connectivity index (χ2n) is 6.61. The monoisotopic (exact) mass is 362 g/mol. The molecule has 4 aromatic rings. The highest BCUT2D eigenvalue weighted by Gasteiger charge is 2.17. The van der Waals surface area contributed by atoms with Crippen LogP contribution in [0.1, 0.15) is 37.4 Å². The van der Waals surface area contributed by atoms with Gasteiger partial charge in [-0.05, 0) is 23.5 Å².